The SMILES string of the molecule is CC1CCC(CN2CCCC2C#N)O1. The monoisotopic (exact) mass is 194 g/mol. The molecule has 14 heavy (non-hydrogen) atoms. The average Bonchev–Trinajstić information content (AvgIpc) is 2.76. The van der Waals surface area contributed by atoms with Crippen molar-refractivity contribution in [2.75, 3.05) is 13.1 Å². The molecule has 3 atom stereocenters. The molecule has 3 nitrogen and oxygen atoms in total. The summed E-state index contributed by atoms with van der Waals surface area (Å²) < 4.78 is 5.76. The van der Waals surface area contributed by atoms with Crippen LogP contribution in [-0.4, -0.2) is 36.2 Å². The molecule has 0 spiro atoms. The molecule has 3 unspecified atom stereocenters. The van der Waals surface area contributed by atoms with Crippen LogP contribution in [0, 0.1) is 11.3 Å². The van der Waals surface area contributed by atoms with Crippen molar-refractivity contribution in [3.8, 4) is 6.07 Å². The van der Waals surface area contributed by atoms with Crippen molar-refractivity contribution in [2.45, 2.75) is 50.9 Å². The van der Waals surface area contributed by atoms with Gasteiger partial charge in [-0.2, -0.15) is 5.26 Å². The Hall–Kier alpha value is -0.590. The highest BCUT2D eigenvalue weighted by molar-refractivity contribution is 4.96. The van der Waals surface area contributed by atoms with Crippen LogP contribution in [0.15, 0.2) is 0 Å². The smallest absolute Gasteiger partial charge is 0.0979 e. The molecule has 2 fully saturated rings. The maximum atomic E-state index is 8.93. The van der Waals surface area contributed by atoms with E-state index in [4.69, 9.17) is 10.00 Å². The van der Waals surface area contributed by atoms with Crippen molar-refractivity contribution >= 4 is 0 Å². The summed E-state index contributed by atoms with van der Waals surface area (Å²) in [5, 5.41) is 8.93. The molecular formula is C11H18N2O. The van der Waals surface area contributed by atoms with E-state index < -0.39 is 0 Å². The van der Waals surface area contributed by atoms with Crippen LogP contribution >= 0.6 is 0 Å². The lowest BCUT2D eigenvalue weighted by atomic mass is 10.2. The lowest BCUT2D eigenvalue weighted by Gasteiger charge is -2.22. The minimum Gasteiger partial charge on any atom is -0.374 e. The largest absolute Gasteiger partial charge is 0.374 e. The lowest BCUT2D eigenvalue weighted by Crippen LogP contribution is -2.35. The van der Waals surface area contributed by atoms with Gasteiger partial charge in [-0.1, -0.05) is 0 Å². The van der Waals surface area contributed by atoms with E-state index in [9.17, 15) is 0 Å². The Morgan fingerprint density at radius 1 is 1.43 bits per heavy atom. The molecule has 0 radical (unpaired) electrons. The second-order valence-electron chi connectivity index (χ2n) is 4.43. The first-order valence-electron chi connectivity index (χ1n) is 5.58. The third kappa shape index (κ3) is 2.08. The van der Waals surface area contributed by atoms with E-state index in [1.165, 1.54) is 12.8 Å². The van der Waals surface area contributed by atoms with E-state index in [0.29, 0.717) is 12.2 Å². The summed E-state index contributed by atoms with van der Waals surface area (Å²) in [6.07, 6.45) is 5.34. The molecule has 0 amide bonds. The average molecular weight is 194 g/mol. The predicted octanol–water partition coefficient (Wildman–Crippen LogP) is 1.54. The van der Waals surface area contributed by atoms with Gasteiger partial charge in [0.2, 0.25) is 0 Å². The first-order chi connectivity index (χ1) is 6.79. The summed E-state index contributed by atoms with van der Waals surface area (Å²) in [6.45, 7) is 4.17. The number of rotatable bonds is 2. The fraction of sp³-hybridized carbons (Fsp3) is 0.909. The summed E-state index contributed by atoms with van der Waals surface area (Å²) in [6, 6.07) is 2.52. The normalized spacial score (nSPS) is 38.7. The second-order valence-corrected chi connectivity index (χ2v) is 4.43. The van der Waals surface area contributed by atoms with Crippen LogP contribution in [0.3, 0.4) is 0 Å². The maximum absolute atomic E-state index is 8.93. The van der Waals surface area contributed by atoms with Crippen molar-refractivity contribution in [3.05, 3.63) is 0 Å². The molecule has 0 aliphatic carbocycles. The Morgan fingerprint density at radius 3 is 2.93 bits per heavy atom. The molecule has 0 bridgehead atoms. The van der Waals surface area contributed by atoms with Crippen LogP contribution in [-0.2, 0) is 4.74 Å². The van der Waals surface area contributed by atoms with Gasteiger partial charge in [0.1, 0.15) is 0 Å². The predicted molar refractivity (Wildman–Crippen MR) is 53.8 cm³/mol. The number of hydrogen-bond donors (Lipinski definition) is 0. The molecule has 78 valence electrons. The number of nitriles is 1. The van der Waals surface area contributed by atoms with Crippen molar-refractivity contribution in [1.29, 1.82) is 5.26 Å². The molecule has 2 rings (SSSR count). The quantitative estimate of drug-likeness (QED) is 0.669. The van der Waals surface area contributed by atoms with E-state index >= 15 is 0 Å². The van der Waals surface area contributed by atoms with Gasteiger partial charge < -0.3 is 4.74 Å². The van der Waals surface area contributed by atoms with Crippen LogP contribution in [0.1, 0.15) is 32.6 Å². The zero-order chi connectivity index (χ0) is 9.97. The zero-order valence-corrected chi connectivity index (χ0v) is 8.78. The van der Waals surface area contributed by atoms with Gasteiger partial charge in [0.15, 0.2) is 0 Å². The van der Waals surface area contributed by atoms with E-state index in [1.807, 2.05) is 0 Å². The highest BCUT2D eigenvalue weighted by Crippen LogP contribution is 2.23. The van der Waals surface area contributed by atoms with Gasteiger partial charge in [0, 0.05) is 6.54 Å². The van der Waals surface area contributed by atoms with Crippen LogP contribution in [0.5, 0.6) is 0 Å². The van der Waals surface area contributed by atoms with E-state index in [2.05, 4.69) is 17.9 Å². The number of ether oxygens (including phenoxy) is 1. The van der Waals surface area contributed by atoms with Gasteiger partial charge in [-0.05, 0) is 39.2 Å². The minimum absolute atomic E-state index is 0.148. The van der Waals surface area contributed by atoms with Gasteiger partial charge in [0.25, 0.3) is 0 Å². The summed E-state index contributed by atoms with van der Waals surface area (Å²) in [5.74, 6) is 0. The van der Waals surface area contributed by atoms with Gasteiger partial charge in [-0.3, -0.25) is 4.90 Å². The topological polar surface area (TPSA) is 36.3 Å². The molecule has 3 heteroatoms. The molecule has 0 aromatic carbocycles. The first kappa shape index (κ1) is 9.95. The van der Waals surface area contributed by atoms with Crippen molar-refractivity contribution in [1.82, 2.24) is 4.90 Å². The molecule has 0 aromatic heterocycles. The molecule has 0 N–H and O–H groups in total. The van der Waals surface area contributed by atoms with E-state index in [0.717, 1.165) is 25.9 Å². The fourth-order valence-electron chi connectivity index (χ4n) is 2.47. The second kappa shape index (κ2) is 4.29. The van der Waals surface area contributed by atoms with Gasteiger partial charge in [-0.15, -0.1) is 0 Å². The van der Waals surface area contributed by atoms with Gasteiger partial charge in [-0.25, -0.2) is 0 Å². The minimum atomic E-state index is 0.148. The standard InChI is InChI=1S/C11H18N2O/c1-9-4-5-11(14-9)8-13-6-2-3-10(13)7-12/h9-11H,2-6,8H2,1H3. The molecule has 2 saturated heterocycles. The molecular weight excluding hydrogens is 176 g/mol. The number of likely N-dealkylation sites (tertiary alicyclic amines) is 1. The molecule has 0 saturated carbocycles. The third-order valence-electron chi connectivity index (χ3n) is 3.27. The Balaban J connectivity index is 1.82. The van der Waals surface area contributed by atoms with Crippen LogP contribution in [0.2, 0.25) is 0 Å². The van der Waals surface area contributed by atoms with Crippen LogP contribution < -0.4 is 0 Å². The zero-order valence-electron chi connectivity index (χ0n) is 8.78. The Morgan fingerprint density at radius 2 is 2.29 bits per heavy atom. The van der Waals surface area contributed by atoms with E-state index in [1.54, 1.807) is 0 Å². The Bertz CT molecular complexity index is 236. The summed E-state index contributed by atoms with van der Waals surface area (Å²) in [7, 11) is 0. The summed E-state index contributed by atoms with van der Waals surface area (Å²) >= 11 is 0. The number of hydrogen-bond acceptors (Lipinski definition) is 3. The summed E-state index contributed by atoms with van der Waals surface area (Å²) in [4.78, 5) is 2.28. The molecule has 2 heterocycles. The van der Waals surface area contributed by atoms with Crippen LogP contribution in [0.4, 0.5) is 0 Å². The Labute approximate surface area is 85.6 Å². The van der Waals surface area contributed by atoms with Crippen molar-refractivity contribution in [3.63, 3.8) is 0 Å². The van der Waals surface area contributed by atoms with Gasteiger partial charge >= 0.3 is 0 Å². The fourth-order valence-corrected chi connectivity index (χ4v) is 2.47. The third-order valence-corrected chi connectivity index (χ3v) is 3.27. The first-order valence-corrected chi connectivity index (χ1v) is 5.58. The molecule has 2 aliphatic heterocycles. The molecule has 2 aliphatic rings. The maximum Gasteiger partial charge on any atom is 0.0979 e. The highest BCUT2D eigenvalue weighted by atomic mass is 16.5. The van der Waals surface area contributed by atoms with Crippen molar-refractivity contribution in [2.24, 2.45) is 0 Å². The Kier molecular flexibility index (Phi) is 3.05. The summed E-state index contributed by atoms with van der Waals surface area (Å²) in [5.41, 5.74) is 0. The lowest BCUT2D eigenvalue weighted by molar-refractivity contribution is 0.0324. The highest BCUT2D eigenvalue weighted by Gasteiger charge is 2.29. The van der Waals surface area contributed by atoms with Gasteiger partial charge in [0.05, 0.1) is 24.3 Å². The number of nitrogens with zero attached hydrogens (tertiary/aromatic N) is 2. The molecule has 0 aromatic rings. The van der Waals surface area contributed by atoms with Crippen LogP contribution in [0.25, 0.3) is 0 Å². The van der Waals surface area contributed by atoms with E-state index in [-0.39, 0.29) is 6.04 Å². The van der Waals surface area contributed by atoms with Crippen molar-refractivity contribution < 1.29 is 4.74 Å².